The van der Waals surface area contributed by atoms with Gasteiger partial charge in [0.25, 0.3) is 0 Å². The number of rotatable bonds is 7. The zero-order valence-corrected chi connectivity index (χ0v) is 18.2. The van der Waals surface area contributed by atoms with Gasteiger partial charge in [0.2, 0.25) is 6.79 Å². The highest BCUT2D eigenvalue weighted by Crippen LogP contribution is 2.32. The van der Waals surface area contributed by atoms with Crippen LogP contribution in [0.25, 0.3) is 0 Å². The monoisotopic (exact) mass is 501 g/mol. The van der Waals surface area contributed by atoms with Crippen LogP contribution in [-0.2, 0) is 6.42 Å². The summed E-state index contributed by atoms with van der Waals surface area (Å²) in [6.07, 6.45) is 0.604. The van der Waals surface area contributed by atoms with Crippen LogP contribution >= 0.6 is 24.0 Å². The predicted octanol–water partition coefficient (Wildman–Crippen LogP) is 3.35. The normalized spacial score (nSPS) is 13.5. The van der Waals surface area contributed by atoms with Crippen LogP contribution in [0.5, 0.6) is 17.2 Å². The number of para-hydroxylation sites is 1. The minimum absolute atomic E-state index is 0. The summed E-state index contributed by atoms with van der Waals surface area (Å²) in [5, 5.41) is 6.44. The number of hydrogen-bond acceptors (Lipinski definition) is 4. The molecule has 0 saturated heterocycles. The minimum Gasteiger partial charge on any atom is -0.486 e. The molecule has 1 aliphatic rings. The molecule has 0 bridgehead atoms. The molecular formula is C20H25FIN3O3. The van der Waals surface area contributed by atoms with E-state index < -0.39 is 0 Å². The summed E-state index contributed by atoms with van der Waals surface area (Å²) in [6.45, 7) is 3.36. The van der Waals surface area contributed by atoms with Crippen molar-refractivity contribution < 1.29 is 18.6 Å². The van der Waals surface area contributed by atoms with Gasteiger partial charge in [-0.25, -0.2) is 4.39 Å². The van der Waals surface area contributed by atoms with Crippen LogP contribution in [-0.4, -0.2) is 39.0 Å². The topological polar surface area (TPSA) is 64.1 Å². The molecule has 0 amide bonds. The quantitative estimate of drug-likeness (QED) is 0.346. The summed E-state index contributed by atoms with van der Waals surface area (Å²) >= 11 is 0. The van der Waals surface area contributed by atoms with E-state index in [9.17, 15) is 4.39 Å². The van der Waals surface area contributed by atoms with Crippen LogP contribution in [0.4, 0.5) is 4.39 Å². The number of hydrogen-bond donors (Lipinski definition) is 2. The Morgan fingerprint density at radius 1 is 1.18 bits per heavy atom. The second-order valence-electron chi connectivity index (χ2n) is 6.18. The van der Waals surface area contributed by atoms with Crippen molar-refractivity contribution in [3.63, 3.8) is 0 Å². The molecule has 0 aliphatic carbocycles. The van der Waals surface area contributed by atoms with E-state index in [1.807, 2.05) is 25.1 Å². The number of fused-ring (bicyclic) bond motifs is 1. The van der Waals surface area contributed by atoms with Gasteiger partial charge in [0.15, 0.2) is 29.0 Å². The van der Waals surface area contributed by atoms with Crippen molar-refractivity contribution in [1.82, 2.24) is 10.6 Å². The Morgan fingerprint density at radius 2 is 1.96 bits per heavy atom. The molecule has 2 N–H and O–H groups in total. The first-order chi connectivity index (χ1) is 13.2. The fourth-order valence-corrected chi connectivity index (χ4v) is 2.68. The number of guanidine groups is 1. The van der Waals surface area contributed by atoms with E-state index in [0.717, 1.165) is 23.5 Å². The average Bonchev–Trinajstić information content (AvgIpc) is 3.14. The molecule has 0 aromatic heterocycles. The van der Waals surface area contributed by atoms with Crippen molar-refractivity contribution in [1.29, 1.82) is 0 Å². The molecule has 0 radical (unpaired) electrons. The lowest BCUT2D eigenvalue weighted by molar-refractivity contribution is 0.174. The van der Waals surface area contributed by atoms with Crippen LogP contribution in [0.3, 0.4) is 0 Å². The Morgan fingerprint density at radius 3 is 2.75 bits per heavy atom. The number of nitrogens with one attached hydrogen (secondary N) is 2. The number of aliphatic imine (C=N–C) groups is 1. The van der Waals surface area contributed by atoms with Crippen LogP contribution < -0.4 is 24.8 Å². The SMILES string of the molecule is CN=C(NCCc1ccc2c(c1)OCO2)NCC(C)Oc1ccccc1F.I. The second-order valence-corrected chi connectivity index (χ2v) is 6.18. The molecule has 6 nitrogen and oxygen atoms in total. The van der Waals surface area contributed by atoms with E-state index >= 15 is 0 Å². The third kappa shape index (κ3) is 6.15. The number of benzene rings is 2. The van der Waals surface area contributed by atoms with Crippen molar-refractivity contribution in [2.75, 3.05) is 26.9 Å². The zero-order chi connectivity index (χ0) is 19.1. The highest BCUT2D eigenvalue weighted by Gasteiger charge is 2.13. The predicted molar refractivity (Wildman–Crippen MR) is 118 cm³/mol. The molecule has 3 rings (SSSR count). The number of ether oxygens (including phenoxy) is 3. The average molecular weight is 501 g/mol. The van der Waals surface area contributed by atoms with Gasteiger partial charge in [-0.05, 0) is 43.2 Å². The molecule has 28 heavy (non-hydrogen) atoms. The second kappa shape index (κ2) is 10.9. The molecule has 0 spiro atoms. The Labute approximate surface area is 181 Å². The maximum Gasteiger partial charge on any atom is 0.231 e. The van der Waals surface area contributed by atoms with Gasteiger partial charge in [0.05, 0.1) is 6.54 Å². The third-order valence-electron chi connectivity index (χ3n) is 4.09. The molecular weight excluding hydrogens is 476 g/mol. The lowest BCUT2D eigenvalue weighted by Crippen LogP contribution is -2.42. The number of nitrogens with zero attached hydrogens (tertiary/aromatic N) is 1. The van der Waals surface area contributed by atoms with E-state index in [0.29, 0.717) is 19.0 Å². The minimum atomic E-state index is -0.365. The molecule has 1 heterocycles. The van der Waals surface area contributed by atoms with Crippen LogP contribution in [0.2, 0.25) is 0 Å². The molecule has 2 aromatic rings. The van der Waals surface area contributed by atoms with Crippen LogP contribution in [0.1, 0.15) is 12.5 Å². The Kier molecular flexibility index (Phi) is 8.62. The highest BCUT2D eigenvalue weighted by molar-refractivity contribution is 14.0. The molecule has 0 saturated carbocycles. The zero-order valence-electron chi connectivity index (χ0n) is 15.9. The summed E-state index contributed by atoms with van der Waals surface area (Å²) in [5.74, 6) is 2.12. The maximum atomic E-state index is 13.6. The van der Waals surface area contributed by atoms with Crippen LogP contribution in [0.15, 0.2) is 47.5 Å². The van der Waals surface area contributed by atoms with Gasteiger partial charge in [0, 0.05) is 13.6 Å². The summed E-state index contributed by atoms with van der Waals surface area (Å²) in [6, 6.07) is 12.3. The van der Waals surface area contributed by atoms with Gasteiger partial charge in [0.1, 0.15) is 6.10 Å². The van der Waals surface area contributed by atoms with Gasteiger partial charge < -0.3 is 24.8 Å². The summed E-state index contributed by atoms with van der Waals surface area (Å²) in [5.41, 5.74) is 1.15. The van der Waals surface area contributed by atoms with Gasteiger partial charge in [-0.3, -0.25) is 4.99 Å². The Balaban J connectivity index is 0.00000280. The van der Waals surface area contributed by atoms with Crippen molar-refractivity contribution in [3.8, 4) is 17.2 Å². The van der Waals surface area contributed by atoms with E-state index in [2.05, 4.69) is 15.6 Å². The largest absolute Gasteiger partial charge is 0.486 e. The van der Waals surface area contributed by atoms with Crippen LogP contribution in [0, 0.1) is 5.82 Å². The maximum absolute atomic E-state index is 13.6. The van der Waals surface area contributed by atoms with E-state index in [4.69, 9.17) is 14.2 Å². The first-order valence-corrected chi connectivity index (χ1v) is 8.90. The molecule has 1 unspecified atom stereocenters. The first kappa shape index (κ1) is 22.1. The van der Waals surface area contributed by atoms with E-state index in [1.165, 1.54) is 6.07 Å². The first-order valence-electron chi connectivity index (χ1n) is 8.90. The number of halogens is 2. The lowest BCUT2D eigenvalue weighted by Gasteiger charge is -2.18. The van der Waals surface area contributed by atoms with Gasteiger partial charge in [-0.2, -0.15) is 0 Å². The van der Waals surface area contributed by atoms with Crippen molar-refractivity contribution in [3.05, 3.63) is 53.8 Å². The smallest absolute Gasteiger partial charge is 0.231 e. The fourth-order valence-electron chi connectivity index (χ4n) is 2.68. The summed E-state index contributed by atoms with van der Waals surface area (Å²) in [7, 11) is 1.71. The Hall–Kier alpha value is -2.23. The molecule has 152 valence electrons. The molecule has 1 atom stereocenters. The molecule has 1 aliphatic heterocycles. The molecule has 0 fully saturated rings. The van der Waals surface area contributed by atoms with E-state index in [1.54, 1.807) is 25.2 Å². The third-order valence-corrected chi connectivity index (χ3v) is 4.09. The fraction of sp³-hybridized carbons (Fsp3) is 0.350. The standard InChI is InChI=1S/C20H24FN3O3.HI/c1-14(27-17-6-4-3-5-16(17)21)12-24-20(22-2)23-10-9-15-7-8-18-19(11-15)26-13-25-18;/h3-8,11,14H,9-10,12-13H2,1-2H3,(H2,22,23,24);1H. The van der Waals surface area contributed by atoms with E-state index in [-0.39, 0.29) is 48.4 Å². The molecule has 2 aromatic carbocycles. The summed E-state index contributed by atoms with van der Waals surface area (Å²) in [4.78, 5) is 4.19. The Bertz CT molecular complexity index is 804. The van der Waals surface area contributed by atoms with Gasteiger partial charge in [-0.1, -0.05) is 18.2 Å². The van der Waals surface area contributed by atoms with Gasteiger partial charge >= 0.3 is 0 Å². The van der Waals surface area contributed by atoms with Crippen molar-refractivity contribution >= 4 is 29.9 Å². The van der Waals surface area contributed by atoms with Crippen molar-refractivity contribution in [2.24, 2.45) is 4.99 Å². The van der Waals surface area contributed by atoms with Crippen molar-refractivity contribution in [2.45, 2.75) is 19.4 Å². The molecule has 8 heteroatoms. The highest BCUT2D eigenvalue weighted by atomic mass is 127. The summed E-state index contributed by atoms with van der Waals surface area (Å²) < 4.78 is 29.9. The van der Waals surface area contributed by atoms with Gasteiger partial charge in [-0.15, -0.1) is 24.0 Å². The lowest BCUT2D eigenvalue weighted by atomic mass is 10.1.